The van der Waals surface area contributed by atoms with Gasteiger partial charge in [-0.1, -0.05) is 30.3 Å². The van der Waals surface area contributed by atoms with E-state index in [4.69, 9.17) is 15.7 Å². The van der Waals surface area contributed by atoms with Crippen LogP contribution in [0.4, 0.5) is 4.39 Å². The van der Waals surface area contributed by atoms with E-state index in [1.54, 1.807) is 12.1 Å². The first kappa shape index (κ1) is 15.0. The van der Waals surface area contributed by atoms with Crippen LogP contribution in [-0.4, -0.2) is 6.04 Å². The number of nitrogens with zero attached hydrogens (tertiary/aromatic N) is 1. The summed E-state index contributed by atoms with van der Waals surface area (Å²) in [5, 5.41) is 8.83. The van der Waals surface area contributed by atoms with Crippen LogP contribution in [0.15, 0.2) is 42.5 Å². The average molecular weight is 284 g/mol. The molecule has 0 aliphatic heterocycles. The van der Waals surface area contributed by atoms with Gasteiger partial charge in [-0.05, 0) is 31.0 Å². The lowest BCUT2D eigenvalue weighted by Crippen LogP contribution is -2.18. The monoisotopic (exact) mass is 284 g/mol. The van der Waals surface area contributed by atoms with Crippen LogP contribution in [0.1, 0.15) is 23.6 Å². The standard InChI is InChI=1S/C17H17FN2O/c1-12(20)9-13-5-2-3-8-16(13)21-11-15-7-4-6-14(10-19)17(15)18/h2-8,12H,9,11,20H2,1H3. The van der Waals surface area contributed by atoms with Gasteiger partial charge in [0.2, 0.25) is 0 Å². The van der Waals surface area contributed by atoms with Gasteiger partial charge in [0.25, 0.3) is 0 Å². The third-order valence-corrected chi connectivity index (χ3v) is 3.10. The molecule has 2 N–H and O–H groups in total. The molecule has 0 bridgehead atoms. The number of hydrogen-bond acceptors (Lipinski definition) is 3. The molecule has 0 radical (unpaired) electrons. The number of nitriles is 1. The molecular formula is C17H17FN2O. The summed E-state index contributed by atoms with van der Waals surface area (Å²) >= 11 is 0. The summed E-state index contributed by atoms with van der Waals surface area (Å²) in [5.41, 5.74) is 7.19. The largest absolute Gasteiger partial charge is 0.489 e. The van der Waals surface area contributed by atoms with Gasteiger partial charge >= 0.3 is 0 Å². The summed E-state index contributed by atoms with van der Waals surface area (Å²) in [6.45, 7) is 2.00. The van der Waals surface area contributed by atoms with Gasteiger partial charge in [0, 0.05) is 11.6 Å². The Morgan fingerprint density at radius 3 is 2.62 bits per heavy atom. The van der Waals surface area contributed by atoms with Crippen LogP contribution < -0.4 is 10.5 Å². The van der Waals surface area contributed by atoms with Crippen molar-refractivity contribution in [3.63, 3.8) is 0 Å². The van der Waals surface area contributed by atoms with E-state index in [2.05, 4.69) is 0 Å². The van der Waals surface area contributed by atoms with Crippen LogP contribution in [0, 0.1) is 17.1 Å². The molecule has 0 saturated carbocycles. The molecule has 0 spiro atoms. The molecule has 21 heavy (non-hydrogen) atoms. The SMILES string of the molecule is CC(N)Cc1ccccc1OCc1cccc(C#N)c1F. The maximum Gasteiger partial charge on any atom is 0.147 e. The van der Waals surface area contributed by atoms with Gasteiger partial charge in [0.15, 0.2) is 0 Å². The molecule has 2 aromatic carbocycles. The minimum Gasteiger partial charge on any atom is -0.489 e. The highest BCUT2D eigenvalue weighted by Gasteiger charge is 2.10. The van der Waals surface area contributed by atoms with Gasteiger partial charge < -0.3 is 10.5 Å². The quantitative estimate of drug-likeness (QED) is 0.917. The molecule has 1 atom stereocenters. The molecule has 0 heterocycles. The van der Waals surface area contributed by atoms with Gasteiger partial charge in [-0.25, -0.2) is 4.39 Å². The van der Waals surface area contributed by atoms with Crippen molar-refractivity contribution in [2.24, 2.45) is 5.73 Å². The lowest BCUT2D eigenvalue weighted by molar-refractivity contribution is 0.296. The highest BCUT2D eigenvalue weighted by molar-refractivity contribution is 5.36. The Kier molecular flexibility index (Phi) is 4.91. The molecule has 4 heteroatoms. The van der Waals surface area contributed by atoms with E-state index in [1.165, 1.54) is 6.07 Å². The Bertz CT molecular complexity index is 662. The average Bonchev–Trinajstić information content (AvgIpc) is 2.47. The highest BCUT2D eigenvalue weighted by atomic mass is 19.1. The van der Waals surface area contributed by atoms with E-state index < -0.39 is 5.82 Å². The first-order valence-electron chi connectivity index (χ1n) is 6.75. The van der Waals surface area contributed by atoms with Crippen molar-refractivity contribution in [2.45, 2.75) is 26.0 Å². The van der Waals surface area contributed by atoms with Gasteiger partial charge in [0.1, 0.15) is 24.2 Å². The Morgan fingerprint density at radius 1 is 1.19 bits per heavy atom. The van der Waals surface area contributed by atoms with Gasteiger partial charge in [-0.15, -0.1) is 0 Å². The van der Waals surface area contributed by atoms with E-state index >= 15 is 0 Å². The molecular weight excluding hydrogens is 267 g/mol. The lowest BCUT2D eigenvalue weighted by atomic mass is 10.1. The first-order chi connectivity index (χ1) is 10.1. The number of para-hydroxylation sites is 1. The third kappa shape index (κ3) is 3.80. The van der Waals surface area contributed by atoms with Crippen LogP contribution in [0.3, 0.4) is 0 Å². The zero-order valence-electron chi connectivity index (χ0n) is 11.8. The third-order valence-electron chi connectivity index (χ3n) is 3.10. The van der Waals surface area contributed by atoms with Gasteiger partial charge in [-0.2, -0.15) is 5.26 Å². The number of nitrogens with two attached hydrogens (primary N) is 1. The second kappa shape index (κ2) is 6.87. The van der Waals surface area contributed by atoms with Crippen LogP contribution >= 0.6 is 0 Å². The van der Waals surface area contributed by atoms with Crippen LogP contribution in [0.2, 0.25) is 0 Å². The van der Waals surface area contributed by atoms with Gasteiger partial charge in [-0.3, -0.25) is 0 Å². The summed E-state index contributed by atoms with van der Waals surface area (Å²) in [4.78, 5) is 0. The summed E-state index contributed by atoms with van der Waals surface area (Å²) in [6.07, 6.45) is 0.691. The number of rotatable bonds is 5. The summed E-state index contributed by atoms with van der Waals surface area (Å²) in [5.74, 6) is 0.168. The lowest BCUT2D eigenvalue weighted by Gasteiger charge is -2.13. The molecule has 0 fully saturated rings. The van der Waals surface area contributed by atoms with Crippen LogP contribution in [0.25, 0.3) is 0 Å². The van der Waals surface area contributed by atoms with Crippen molar-refractivity contribution in [3.8, 4) is 11.8 Å². The van der Waals surface area contributed by atoms with E-state index in [1.807, 2.05) is 37.3 Å². The Balaban J connectivity index is 2.16. The topological polar surface area (TPSA) is 59.0 Å². The number of benzene rings is 2. The summed E-state index contributed by atoms with van der Waals surface area (Å²) < 4.78 is 19.7. The molecule has 0 aliphatic carbocycles. The van der Waals surface area contributed by atoms with Crippen molar-refractivity contribution in [1.82, 2.24) is 0 Å². The molecule has 2 rings (SSSR count). The fourth-order valence-corrected chi connectivity index (χ4v) is 2.09. The smallest absolute Gasteiger partial charge is 0.147 e. The Morgan fingerprint density at radius 2 is 1.90 bits per heavy atom. The zero-order valence-corrected chi connectivity index (χ0v) is 11.8. The Labute approximate surface area is 123 Å². The van der Waals surface area contributed by atoms with E-state index in [0.717, 1.165) is 5.56 Å². The highest BCUT2D eigenvalue weighted by Crippen LogP contribution is 2.21. The fraction of sp³-hybridized carbons (Fsp3) is 0.235. The first-order valence-corrected chi connectivity index (χ1v) is 6.75. The normalized spacial score (nSPS) is 11.7. The van der Waals surface area contributed by atoms with Crippen molar-refractivity contribution in [1.29, 1.82) is 5.26 Å². The molecule has 0 saturated heterocycles. The number of halogens is 1. The number of hydrogen-bond donors (Lipinski definition) is 1. The van der Waals surface area contributed by atoms with Crippen LogP contribution in [-0.2, 0) is 13.0 Å². The molecule has 0 aliphatic rings. The maximum atomic E-state index is 14.0. The molecule has 3 nitrogen and oxygen atoms in total. The zero-order chi connectivity index (χ0) is 15.2. The predicted octanol–water partition coefficient (Wildman–Crippen LogP) is 3.17. The van der Waals surface area contributed by atoms with Crippen molar-refractivity contribution < 1.29 is 9.13 Å². The summed E-state index contributed by atoms with van der Waals surface area (Å²) in [7, 11) is 0. The van der Waals surface area contributed by atoms with Crippen molar-refractivity contribution >= 4 is 0 Å². The Hall–Kier alpha value is -2.38. The minimum absolute atomic E-state index is 0.0217. The van der Waals surface area contributed by atoms with E-state index in [-0.39, 0.29) is 18.2 Å². The minimum atomic E-state index is -0.523. The predicted molar refractivity (Wildman–Crippen MR) is 79.2 cm³/mol. The van der Waals surface area contributed by atoms with E-state index in [9.17, 15) is 4.39 Å². The molecule has 2 aromatic rings. The van der Waals surface area contributed by atoms with Crippen molar-refractivity contribution in [3.05, 3.63) is 65.0 Å². The number of ether oxygens (including phenoxy) is 1. The van der Waals surface area contributed by atoms with Crippen LogP contribution in [0.5, 0.6) is 5.75 Å². The molecule has 1 unspecified atom stereocenters. The molecule has 0 aromatic heterocycles. The second-order valence-electron chi connectivity index (χ2n) is 4.97. The van der Waals surface area contributed by atoms with E-state index in [0.29, 0.717) is 17.7 Å². The molecule has 0 amide bonds. The molecule has 108 valence electrons. The maximum absolute atomic E-state index is 14.0. The second-order valence-corrected chi connectivity index (χ2v) is 4.97. The fourth-order valence-electron chi connectivity index (χ4n) is 2.09. The van der Waals surface area contributed by atoms with Gasteiger partial charge in [0.05, 0.1) is 5.56 Å². The summed E-state index contributed by atoms with van der Waals surface area (Å²) in [6, 6.07) is 14.1. The van der Waals surface area contributed by atoms with Crippen molar-refractivity contribution in [2.75, 3.05) is 0 Å².